The number of benzene rings is 1. The number of carbonyl (C=O) groups is 1. The number of anilines is 1. The van der Waals surface area contributed by atoms with Crippen molar-refractivity contribution in [3.8, 4) is 0 Å². The smallest absolute Gasteiger partial charge is 0.335 e. The second-order valence-corrected chi connectivity index (χ2v) is 3.18. The molecule has 0 radical (unpaired) electrons. The lowest BCUT2D eigenvalue weighted by molar-refractivity contribution is 0.0697. The van der Waals surface area contributed by atoms with Crippen LogP contribution in [0.15, 0.2) is 24.3 Å². The van der Waals surface area contributed by atoms with Gasteiger partial charge in [-0.15, -0.1) is 0 Å². The highest BCUT2D eigenvalue weighted by Gasteiger charge is 2.01. The molecule has 15 heavy (non-hydrogen) atoms. The van der Waals surface area contributed by atoms with Gasteiger partial charge in [0.2, 0.25) is 0 Å². The molecule has 0 aromatic heterocycles. The van der Waals surface area contributed by atoms with Crippen LogP contribution in [-0.4, -0.2) is 17.1 Å². The molecule has 2 N–H and O–H groups in total. The summed E-state index contributed by atoms with van der Waals surface area (Å²) in [4.78, 5) is 10.5. The molecular formula is C12H19NO2. The Hall–Kier alpha value is -1.51. The third-order valence-electron chi connectivity index (χ3n) is 1.59. The summed E-state index contributed by atoms with van der Waals surface area (Å²) in [6, 6.07) is 7.07. The fourth-order valence-electron chi connectivity index (χ4n) is 1.04. The van der Waals surface area contributed by atoms with E-state index in [2.05, 4.69) is 5.32 Å². The predicted octanol–water partition coefficient (Wildman–Crippen LogP) is 3.23. The van der Waals surface area contributed by atoms with Gasteiger partial charge in [0.1, 0.15) is 0 Å². The van der Waals surface area contributed by atoms with Crippen LogP contribution in [0.1, 0.15) is 38.1 Å². The van der Waals surface area contributed by atoms with Crippen LogP contribution in [0, 0.1) is 0 Å². The number of aromatic carboxylic acids is 1. The number of hydrogen-bond acceptors (Lipinski definition) is 2. The number of hydrogen-bond donors (Lipinski definition) is 2. The normalized spacial score (nSPS) is 9.13. The Bertz CT molecular complexity index is 291. The maximum Gasteiger partial charge on any atom is 0.335 e. The molecule has 0 heterocycles. The molecule has 1 aromatic carbocycles. The molecule has 0 aliphatic heterocycles. The van der Waals surface area contributed by atoms with Crippen LogP contribution in [0.2, 0.25) is 0 Å². The summed E-state index contributed by atoms with van der Waals surface area (Å²) < 4.78 is 0. The molecule has 84 valence electrons. The van der Waals surface area contributed by atoms with Crippen molar-refractivity contribution in [3.63, 3.8) is 0 Å². The van der Waals surface area contributed by atoms with E-state index >= 15 is 0 Å². The van der Waals surface area contributed by atoms with Crippen molar-refractivity contribution >= 4 is 11.7 Å². The number of nitrogens with one attached hydrogen (secondary N) is 1. The molecule has 0 bridgehead atoms. The van der Waals surface area contributed by atoms with Gasteiger partial charge in [0.15, 0.2) is 0 Å². The van der Waals surface area contributed by atoms with Crippen LogP contribution >= 0.6 is 0 Å². The topological polar surface area (TPSA) is 49.3 Å². The standard InChI is InChI=1S/C10H13NO2.C2H6/c1-7(2)11-9-5-3-8(4-6-9)10(12)13;1-2/h3-7,11H,1-2H3,(H,12,13);1-2H3. The van der Waals surface area contributed by atoms with Crippen LogP contribution in [0.5, 0.6) is 0 Å². The Kier molecular flexibility index (Phi) is 6.18. The fourth-order valence-corrected chi connectivity index (χ4v) is 1.04. The molecule has 3 heteroatoms. The minimum absolute atomic E-state index is 0.314. The summed E-state index contributed by atoms with van der Waals surface area (Å²) in [5, 5.41) is 11.8. The van der Waals surface area contributed by atoms with E-state index in [0.717, 1.165) is 5.69 Å². The average Bonchev–Trinajstić information content (AvgIpc) is 2.20. The zero-order valence-electron chi connectivity index (χ0n) is 9.74. The SMILES string of the molecule is CC.CC(C)Nc1ccc(C(=O)O)cc1. The van der Waals surface area contributed by atoms with E-state index in [-0.39, 0.29) is 0 Å². The fraction of sp³-hybridized carbons (Fsp3) is 0.417. The first-order valence-corrected chi connectivity index (χ1v) is 5.19. The maximum atomic E-state index is 10.5. The van der Waals surface area contributed by atoms with Gasteiger partial charge in [0, 0.05) is 11.7 Å². The highest BCUT2D eigenvalue weighted by molar-refractivity contribution is 5.87. The van der Waals surface area contributed by atoms with E-state index in [1.165, 1.54) is 0 Å². The number of rotatable bonds is 3. The average molecular weight is 209 g/mol. The summed E-state index contributed by atoms with van der Waals surface area (Å²) in [6.07, 6.45) is 0. The molecule has 0 amide bonds. The molecular weight excluding hydrogens is 190 g/mol. The lowest BCUT2D eigenvalue weighted by Crippen LogP contribution is -2.09. The van der Waals surface area contributed by atoms with Crippen LogP contribution < -0.4 is 5.32 Å². The molecule has 0 saturated heterocycles. The first-order valence-electron chi connectivity index (χ1n) is 5.19. The van der Waals surface area contributed by atoms with Gasteiger partial charge < -0.3 is 10.4 Å². The lowest BCUT2D eigenvalue weighted by Gasteiger charge is -2.09. The Morgan fingerprint density at radius 3 is 2.00 bits per heavy atom. The van der Waals surface area contributed by atoms with E-state index in [1.807, 2.05) is 27.7 Å². The monoisotopic (exact) mass is 209 g/mol. The third-order valence-corrected chi connectivity index (χ3v) is 1.59. The van der Waals surface area contributed by atoms with Gasteiger partial charge in [-0.3, -0.25) is 0 Å². The van der Waals surface area contributed by atoms with Gasteiger partial charge in [-0.25, -0.2) is 4.79 Å². The Morgan fingerprint density at radius 1 is 1.20 bits per heavy atom. The largest absolute Gasteiger partial charge is 0.478 e. The van der Waals surface area contributed by atoms with E-state index in [0.29, 0.717) is 11.6 Å². The first-order chi connectivity index (χ1) is 7.09. The van der Waals surface area contributed by atoms with E-state index < -0.39 is 5.97 Å². The quantitative estimate of drug-likeness (QED) is 0.803. The molecule has 3 nitrogen and oxygen atoms in total. The van der Waals surface area contributed by atoms with Gasteiger partial charge in [0.05, 0.1) is 5.56 Å². The summed E-state index contributed by atoms with van der Waals surface area (Å²) in [5.41, 5.74) is 1.26. The Balaban J connectivity index is 0.000000921. The predicted molar refractivity (Wildman–Crippen MR) is 63.5 cm³/mol. The number of carboxylic acid groups (broad SMARTS) is 1. The molecule has 0 aliphatic carbocycles. The summed E-state index contributed by atoms with van der Waals surface area (Å²) in [7, 11) is 0. The molecule has 1 aromatic rings. The zero-order valence-corrected chi connectivity index (χ0v) is 9.74. The molecule has 0 spiro atoms. The van der Waals surface area contributed by atoms with Crippen molar-refractivity contribution < 1.29 is 9.90 Å². The minimum atomic E-state index is -0.893. The van der Waals surface area contributed by atoms with Crippen molar-refractivity contribution in [2.45, 2.75) is 33.7 Å². The van der Waals surface area contributed by atoms with Crippen molar-refractivity contribution in [1.29, 1.82) is 0 Å². The Labute approximate surface area is 91.1 Å². The lowest BCUT2D eigenvalue weighted by atomic mass is 10.2. The van der Waals surface area contributed by atoms with Crippen LogP contribution in [0.25, 0.3) is 0 Å². The Morgan fingerprint density at radius 2 is 1.67 bits per heavy atom. The minimum Gasteiger partial charge on any atom is -0.478 e. The molecule has 0 fully saturated rings. The maximum absolute atomic E-state index is 10.5. The first kappa shape index (κ1) is 13.5. The van der Waals surface area contributed by atoms with Crippen LogP contribution in [0.3, 0.4) is 0 Å². The van der Waals surface area contributed by atoms with Gasteiger partial charge in [-0.2, -0.15) is 0 Å². The van der Waals surface area contributed by atoms with Crippen molar-refractivity contribution in [1.82, 2.24) is 0 Å². The highest BCUT2D eigenvalue weighted by atomic mass is 16.4. The second kappa shape index (κ2) is 6.87. The molecule has 0 aliphatic rings. The zero-order chi connectivity index (χ0) is 11.8. The van der Waals surface area contributed by atoms with Gasteiger partial charge in [-0.05, 0) is 38.1 Å². The highest BCUT2D eigenvalue weighted by Crippen LogP contribution is 2.10. The molecule has 1 rings (SSSR count). The molecule has 0 atom stereocenters. The van der Waals surface area contributed by atoms with E-state index in [4.69, 9.17) is 5.11 Å². The van der Waals surface area contributed by atoms with Gasteiger partial charge in [0.25, 0.3) is 0 Å². The summed E-state index contributed by atoms with van der Waals surface area (Å²) in [6.45, 7) is 8.07. The molecule has 0 unspecified atom stereocenters. The number of carboxylic acids is 1. The van der Waals surface area contributed by atoms with Gasteiger partial charge in [-0.1, -0.05) is 13.8 Å². The van der Waals surface area contributed by atoms with Crippen molar-refractivity contribution in [2.75, 3.05) is 5.32 Å². The van der Waals surface area contributed by atoms with Crippen LogP contribution in [0.4, 0.5) is 5.69 Å². The second-order valence-electron chi connectivity index (χ2n) is 3.18. The molecule has 0 saturated carbocycles. The summed E-state index contributed by atoms with van der Waals surface area (Å²) in [5.74, 6) is -0.893. The van der Waals surface area contributed by atoms with Crippen LogP contribution in [-0.2, 0) is 0 Å². The third kappa shape index (κ3) is 5.05. The summed E-state index contributed by atoms with van der Waals surface area (Å²) >= 11 is 0. The van der Waals surface area contributed by atoms with E-state index in [1.54, 1.807) is 24.3 Å². The van der Waals surface area contributed by atoms with Crippen molar-refractivity contribution in [2.24, 2.45) is 0 Å². The van der Waals surface area contributed by atoms with Gasteiger partial charge >= 0.3 is 5.97 Å². The van der Waals surface area contributed by atoms with Crippen molar-refractivity contribution in [3.05, 3.63) is 29.8 Å². The van der Waals surface area contributed by atoms with E-state index in [9.17, 15) is 4.79 Å².